The maximum Gasteiger partial charge on any atom is 0.407 e. The first-order chi connectivity index (χ1) is 11.2. The molecule has 0 aliphatic carbocycles. The van der Waals surface area contributed by atoms with Gasteiger partial charge in [-0.1, -0.05) is 6.07 Å². The molecule has 0 fully saturated rings. The number of anilines is 1. The molecule has 0 saturated carbocycles. The van der Waals surface area contributed by atoms with Gasteiger partial charge < -0.3 is 15.4 Å². The maximum atomic E-state index is 11.7. The number of aryl methyl sites for hydroxylation is 1. The van der Waals surface area contributed by atoms with Gasteiger partial charge in [0.15, 0.2) is 0 Å². The number of nitrogens with zero attached hydrogens (tertiary/aromatic N) is 4. The second kappa shape index (κ2) is 7.29. The van der Waals surface area contributed by atoms with Crippen molar-refractivity contribution in [2.75, 3.05) is 11.9 Å². The van der Waals surface area contributed by atoms with Gasteiger partial charge in [0.25, 0.3) is 0 Å². The van der Waals surface area contributed by atoms with Gasteiger partial charge in [-0.2, -0.15) is 0 Å². The fourth-order valence-corrected chi connectivity index (χ4v) is 2.05. The van der Waals surface area contributed by atoms with E-state index in [9.17, 15) is 4.79 Å². The highest BCUT2D eigenvalue weighted by atomic mass is 16.6. The summed E-state index contributed by atoms with van der Waals surface area (Å²) in [6.07, 6.45) is 1.12. The first kappa shape index (κ1) is 17.7. The number of aromatic nitrogens is 4. The third-order valence-electron chi connectivity index (χ3n) is 3.19. The van der Waals surface area contributed by atoms with E-state index in [1.165, 1.54) is 0 Å². The van der Waals surface area contributed by atoms with Gasteiger partial charge in [0.2, 0.25) is 0 Å². The first-order valence-corrected chi connectivity index (χ1v) is 7.82. The van der Waals surface area contributed by atoms with Crippen LogP contribution in [0.5, 0.6) is 0 Å². The van der Waals surface area contributed by atoms with E-state index < -0.39 is 11.7 Å². The number of hydrogen-bond donors (Lipinski definition) is 2. The van der Waals surface area contributed by atoms with Crippen LogP contribution in [0.15, 0.2) is 24.5 Å². The molecule has 0 spiro atoms. The average Bonchev–Trinajstić information content (AvgIpc) is 3.00. The molecule has 0 aliphatic rings. The Labute approximate surface area is 141 Å². The Balaban J connectivity index is 1.95. The summed E-state index contributed by atoms with van der Waals surface area (Å²) in [7, 11) is 0. The molecule has 2 N–H and O–H groups in total. The lowest BCUT2D eigenvalue weighted by Crippen LogP contribution is -2.38. The SMILES string of the molecule is Cc1ccc(-n2cnnn2)cc1NC(C)CNC(=O)OC(C)(C)C. The maximum absolute atomic E-state index is 11.7. The lowest BCUT2D eigenvalue weighted by Gasteiger charge is -2.22. The van der Waals surface area contributed by atoms with Crippen LogP contribution in [-0.2, 0) is 4.74 Å². The van der Waals surface area contributed by atoms with Crippen LogP contribution in [0.25, 0.3) is 5.69 Å². The number of tetrazole rings is 1. The predicted molar refractivity (Wildman–Crippen MR) is 91.2 cm³/mol. The van der Waals surface area contributed by atoms with Crippen molar-refractivity contribution in [2.45, 2.75) is 46.3 Å². The Kier molecular flexibility index (Phi) is 5.38. The molecule has 0 radical (unpaired) electrons. The fraction of sp³-hybridized carbons (Fsp3) is 0.500. The molecular formula is C16H24N6O2. The van der Waals surface area contributed by atoms with Crippen molar-refractivity contribution in [2.24, 2.45) is 0 Å². The molecule has 1 amide bonds. The molecule has 1 aromatic carbocycles. The van der Waals surface area contributed by atoms with Crippen molar-refractivity contribution in [3.05, 3.63) is 30.1 Å². The number of rotatable bonds is 5. The highest BCUT2D eigenvalue weighted by molar-refractivity contribution is 5.67. The predicted octanol–water partition coefficient (Wildman–Crippen LogP) is 2.30. The van der Waals surface area contributed by atoms with Crippen molar-refractivity contribution in [3.63, 3.8) is 0 Å². The summed E-state index contributed by atoms with van der Waals surface area (Å²) < 4.78 is 6.82. The van der Waals surface area contributed by atoms with E-state index in [2.05, 4.69) is 26.2 Å². The molecule has 1 heterocycles. The average molecular weight is 332 g/mol. The number of hydrogen-bond acceptors (Lipinski definition) is 6. The van der Waals surface area contributed by atoms with Gasteiger partial charge in [0.1, 0.15) is 11.9 Å². The summed E-state index contributed by atoms with van der Waals surface area (Å²) in [4.78, 5) is 11.7. The summed E-state index contributed by atoms with van der Waals surface area (Å²) in [6, 6.07) is 5.93. The molecule has 130 valence electrons. The summed E-state index contributed by atoms with van der Waals surface area (Å²) >= 11 is 0. The molecule has 2 aromatic rings. The second-order valence-corrected chi connectivity index (χ2v) is 6.68. The van der Waals surface area contributed by atoms with Crippen LogP contribution in [0.4, 0.5) is 10.5 Å². The minimum Gasteiger partial charge on any atom is -0.444 e. The molecule has 8 nitrogen and oxygen atoms in total. The van der Waals surface area contributed by atoms with Gasteiger partial charge in [-0.25, -0.2) is 9.48 Å². The third-order valence-corrected chi connectivity index (χ3v) is 3.19. The molecule has 0 bridgehead atoms. The Morgan fingerprint density at radius 2 is 2.12 bits per heavy atom. The van der Waals surface area contributed by atoms with Crippen molar-refractivity contribution >= 4 is 11.8 Å². The second-order valence-electron chi connectivity index (χ2n) is 6.68. The number of amides is 1. The molecule has 1 atom stereocenters. The van der Waals surface area contributed by atoms with Crippen LogP contribution < -0.4 is 10.6 Å². The monoisotopic (exact) mass is 332 g/mol. The summed E-state index contributed by atoms with van der Waals surface area (Å²) in [5.41, 5.74) is 2.41. The van der Waals surface area contributed by atoms with Crippen LogP contribution in [-0.4, -0.2) is 44.5 Å². The largest absolute Gasteiger partial charge is 0.444 e. The topological polar surface area (TPSA) is 94.0 Å². The van der Waals surface area contributed by atoms with E-state index >= 15 is 0 Å². The van der Waals surface area contributed by atoms with Crippen LogP contribution in [0.1, 0.15) is 33.3 Å². The van der Waals surface area contributed by atoms with E-state index in [1.807, 2.05) is 52.8 Å². The standard InChI is InChI=1S/C16H24N6O2/c1-11-6-7-13(22-10-18-20-21-22)8-14(11)19-12(2)9-17-15(23)24-16(3,4)5/h6-8,10,12,19H,9H2,1-5H3,(H,17,23). The highest BCUT2D eigenvalue weighted by Crippen LogP contribution is 2.19. The zero-order chi connectivity index (χ0) is 17.7. The zero-order valence-electron chi connectivity index (χ0n) is 14.7. The molecule has 8 heteroatoms. The van der Waals surface area contributed by atoms with Crippen LogP contribution in [0.3, 0.4) is 0 Å². The van der Waals surface area contributed by atoms with Crippen LogP contribution >= 0.6 is 0 Å². The number of nitrogens with one attached hydrogen (secondary N) is 2. The number of ether oxygens (including phenoxy) is 1. The smallest absolute Gasteiger partial charge is 0.407 e. The van der Waals surface area contributed by atoms with E-state index in [-0.39, 0.29) is 6.04 Å². The van der Waals surface area contributed by atoms with Crippen LogP contribution in [0.2, 0.25) is 0 Å². The quantitative estimate of drug-likeness (QED) is 0.872. The Morgan fingerprint density at radius 1 is 1.38 bits per heavy atom. The van der Waals surface area contributed by atoms with E-state index in [0.29, 0.717) is 6.54 Å². The van der Waals surface area contributed by atoms with Gasteiger partial charge in [0, 0.05) is 18.3 Å². The van der Waals surface area contributed by atoms with Crippen molar-refractivity contribution in [1.29, 1.82) is 0 Å². The van der Waals surface area contributed by atoms with Gasteiger partial charge >= 0.3 is 6.09 Å². The van der Waals surface area contributed by atoms with Gasteiger partial charge in [-0.05, 0) is 62.7 Å². The highest BCUT2D eigenvalue weighted by Gasteiger charge is 2.16. The molecule has 24 heavy (non-hydrogen) atoms. The minimum atomic E-state index is -0.502. The normalized spacial score (nSPS) is 12.5. The molecular weight excluding hydrogens is 308 g/mol. The van der Waals surface area contributed by atoms with Crippen molar-refractivity contribution in [1.82, 2.24) is 25.5 Å². The fourth-order valence-electron chi connectivity index (χ4n) is 2.05. The Hall–Kier alpha value is -2.64. The Bertz CT molecular complexity index is 678. The lowest BCUT2D eigenvalue weighted by molar-refractivity contribution is 0.0526. The van der Waals surface area contributed by atoms with E-state index in [1.54, 1.807) is 11.0 Å². The van der Waals surface area contributed by atoms with E-state index in [4.69, 9.17) is 4.74 Å². The molecule has 0 aliphatic heterocycles. The summed E-state index contributed by atoms with van der Waals surface area (Å²) in [5, 5.41) is 17.3. The number of benzene rings is 1. The first-order valence-electron chi connectivity index (χ1n) is 7.82. The molecule has 0 saturated heterocycles. The lowest BCUT2D eigenvalue weighted by atomic mass is 10.1. The summed E-state index contributed by atoms with van der Waals surface area (Å²) in [5.74, 6) is 0. The summed E-state index contributed by atoms with van der Waals surface area (Å²) in [6.45, 7) is 9.95. The molecule has 2 rings (SSSR count). The molecule has 1 unspecified atom stereocenters. The molecule has 1 aromatic heterocycles. The van der Waals surface area contributed by atoms with Crippen LogP contribution in [0, 0.1) is 6.92 Å². The van der Waals surface area contributed by atoms with Crippen molar-refractivity contribution in [3.8, 4) is 5.69 Å². The number of carbonyl (C=O) groups is 1. The van der Waals surface area contributed by atoms with E-state index in [0.717, 1.165) is 16.9 Å². The minimum absolute atomic E-state index is 0.0281. The number of alkyl carbamates (subject to hydrolysis) is 1. The number of carbonyl (C=O) groups excluding carboxylic acids is 1. The van der Waals surface area contributed by atoms with Gasteiger partial charge in [0.05, 0.1) is 5.69 Å². The zero-order valence-corrected chi connectivity index (χ0v) is 14.7. The van der Waals surface area contributed by atoms with Gasteiger partial charge in [-0.15, -0.1) is 5.10 Å². The third kappa shape index (κ3) is 5.22. The van der Waals surface area contributed by atoms with Gasteiger partial charge in [-0.3, -0.25) is 0 Å². The Morgan fingerprint density at radius 3 is 2.75 bits per heavy atom. The van der Waals surface area contributed by atoms with Crippen molar-refractivity contribution < 1.29 is 9.53 Å².